The van der Waals surface area contributed by atoms with Crippen molar-refractivity contribution < 1.29 is 14.6 Å². The van der Waals surface area contributed by atoms with E-state index in [0.717, 1.165) is 16.8 Å². The Morgan fingerprint density at radius 1 is 1.34 bits per heavy atom. The van der Waals surface area contributed by atoms with Crippen LogP contribution in [0.15, 0.2) is 40.8 Å². The minimum absolute atomic E-state index is 0.0450. The molecule has 150 valence electrons. The van der Waals surface area contributed by atoms with Crippen LogP contribution in [0, 0.1) is 5.92 Å². The van der Waals surface area contributed by atoms with Crippen LogP contribution in [-0.2, 0) is 11.2 Å². The van der Waals surface area contributed by atoms with E-state index >= 15 is 0 Å². The largest absolute Gasteiger partial charge is 0.507 e. The normalized spacial score (nSPS) is 15.1. The number of rotatable bonds is 4. The number of phenols is 1. The van der Waals surface area contributed by atoms with Crippen molar-refractivity contribution in [2.75, 3.05) is 6.61 Å². The molecule has 3 heterocycles. The molecule has 0 fully saturated rings. The quantitative estimate of drug-likeness (QED) is 0.650. The van der Waals surface area contributed by atoms with Gasteiger partial charge in [-0.2, -0.15) is 0 Å². The SMILES string of the molecule is CCOC(=O)c1cn2c(cc1=O)-c1cc(-c3nccs3)c(O)cc1CC2C(C)C. The molecule has 1 aliphatic rings. The van der Waals surface area contributed by atoms with E-state index in [-0.39, 0.29) is 35.3 Å². The third kappa shape index (κ3) is 3.35. The Morgan fingerprint density at radius 2 is 2.14 bits per heavy atom. The Hall–Kier alpha value is -2.93. The van der Waals surface area contributed by atoms with Crippen LogP contribution >= 0.6 is 11.3 Å². The van der Waals surface area contributed by atoms with Gasteiger partial charge in [0.1, 0.15) is 16.3 Å². The third-order valence-electron chi connectivity index (χ3n) is 5.29. The third-order valence-corrected chi connectivity index (χ3v) is 6.10. The molecule has 6 nitrogen and oxygen atoms in total. The number of hydrogen-bond donors (Lipinski definition) is 1. The standard InChI is InChI=1S/C22H22N2O4S/c1-4-28-22(27)16-11-24-17(12(2)3)7-13-8-19(25)15(21-23-5-6-29-21)9-14(13)18(24)10-20(16)26/h5-6,8-12,17,25H,4,7H2,1-3H3. The van der Waals surface area contributed by atoms with Crippen LogP contribution in [0.1, 0.15) is 42.7 Å². The fourth-order valence-electron chi connectivity index (χ4n) is 3.85. The molecule has 29 heavy (non-hydrogen) atoms. The maximum atomic E-state index is 12.7. The van der Waals surface area contributed by atoms with Gasteiger partial charge in [-0.25, -0.2) is 9.78 Å². The molecule has 1 unspecified atom stereocenters. The van der Waals surface area contributed by atoms with E-state index in [1.807, 2.05) is 16.0 Å². The highest BCUT2D eigenvalue weighted by molar-refractivity contribution is 7.13. The van der Waals surface area contributed by atoms with Gasteiger partial charge in [-0.15, -0.1) is 11.3 Å². The number of nitrogens with zero attached hydrogens (tertiary/aromatic N) is 2. The van der Waals surface area contributed by atoms with Crippen molar-refractivity contribution in [3.05, 3.63) is 57.3 Å². The zero-order valence-electron chi connectivity index (χ0n) is 16.5. The fraction of sp³-hybridized carbons (Fsp3) is 0.318. The molecule has 7 heteroatoms. The molecule has 1 aromatic carbocycles. The highest BCUT2D eigenvalue weighted by Crippen LogP contribution is 2.42. The molecule has 0 bridgehead atoms. The topological polar surface area (TPSA) is 81.4 Å². The molecule has 0 radical (unpaired) electrons. The van der Waals surface area contributed by atoms with Gasteiger partial charge in [-0.3, -0.25) is 4.79 Å². The maximum absolute atomic E-state index is 12.7. The van der Waals surface area contributed by atoms with Crippen molar-refractivity contribution in [3.8, 4) is 27.6 Å². The number of ether oxygens (including phenoxy) is 1. The van der Waals surface area contributed by atoms with Gasteiger partial charge in [0.05, 0.1) is 17.9 Å². The lowest BCUT2D eigenvalue weighted by atomic mass is 9.86. The zero-order chi connectivity index (χ0) is 20.7. The van der Waals surface area contributed by atoms with Crippen LogP contribution in [0.25, 0.3) is 21.8 Å². The molecule has 0 amide bonds. The molecule has 0 saturated carbocycles. The molecule has 0 spiro atoms. The lowest BCUT2D eigenvalue weighted by molar-refractivity contribution is 0.0523. The van der Waals surface area contributed by atoms with Gasteiger partial charge in [0, 0.05) is 35.4 Å². The minimum atomic E-state index is -0.602. The molecule has 1 N–H and O–H groups in total. The summed E-state index contributed by atoms with van der Waals surface area (Å²) in [6.45, 7) is 6.14. The lowest BCUT2D eigenvalue weighted by Gasteiger charge is -2.33. The van der Waals surface area contributed by atoms with Crippen LogP contribution in [0.2, 0.25) is 0 Å². The van der Waals surface area contributed by atoms with Crippen LogP contribution in [0.5, 0.6) is 5.75 Å². The van der Waals surface area contributed by atoms with E-state index in [9.17, 15) is 14.7 Å². The first-order chi connectivity index (χ1) is 13.9. The molecule has 4 rings (SSSR count). The summed E-state index contributed by atoms with van der Waals surface area (Å²) in [5.74, 6) is -0.157. The second-order valence-electron chi connectivity index (χ2n) is 7.44. The number of aromatic hydroxyl groups is 1. The van der Waals surface area contributed by atoms with Crippen LogP contribution in [-0.4, -0.2) is 27.2 Å². The van der Waals surface area contributed by atoms with Gasteiger partial charge in [0.15, 0.2) is 5.43 Å². The Morgan fingerprint density at radius 3 is 2.79 bits per heavy atom. The smallest absolute Gasteiger partial charge is 0.343 e. The summed E-state index contributed by atoms with van der Waals surface area (Å²) in [6, 6.07) is 5.21. The number of phenolic OH excluding ortho intramolecular Hbond substituents is 1. The van der Waals surface area contributed by atoms with Crippen molar-refractivity contribution in [2.45, 2.75) is 33.2 Å². The highest BCUT2D eigenvalue weighted by atomic mass is 32.1. The number of hydrogen-bond acceptors (Lipinski definition) is 6. The summed E-state index contributed by atoms with van der Waals surface area (Å²) in [5, 5.41) is 13.1. The average Bonchev–Trinajstić information content (AvgIpc) is 3.20. The number of thiazole rings is 1. The van der Waals surface area contributed by atoms with E-state index in [2.05, 4.69) is 18.8 Å². The molecule has 2 aromatic heterocycles. The lowest BCUT2D eigenvalue weighted by Crippen LogP contribution is -2.28. The maximum Gasteiger partial charge on any atom is 0.343 e. The van der Waals surface area contributed by atoms with Gasteiger partial charge in [0.25, 0.3) is 0 Å². The van der Waals surface area contributed by atoms with Crippen molar-refractivity contribution in [1.29, 1.82) is 0 Å². The predicted molar refractivity (Wildman–Crippen MR) is 112 cm³/mol. The fourth-order valence-corrected chi connectivity index (χ4v) is 4.51. The Labute approximate surface area is 172 Å². The molecule has 0 aliphatic carbocycles. The minimum Gasteiger partial charge on any atom is -0.507 e. The van der Waals surface area contributed by atoms with Crippen LogP contribution < -0.4 is 5.43 Å². The summed E-state index contributed by atoms with van der Waals surface area (Å²) in [6.07, 6.45) is 4.01. The molecule has 3 aromatic rings. The van der Waals surface area contributed by atoms with Crippen molar-refractivity contribution >= 4 is 17.3 Å². The zero-order valence-corrected chi connectivity index (χ0v) is 17.3. The summed E-state index contributed by atoms with van der Waals surface area (Å²) < 4.78 is 7.06. The number of benzene rings is 1. The molecular formula is C22H22N2O4S. The number of pyridine rings is 1. The van der Waals surface area contributed by atoms with E-state index in [0.29, 0.717) is 17.0 Å². The summed E-state index contributed by atoms with van der Waals surface area (Å²) in [4.78, 5) is 29.3. The Bertz CT molecular complexity index is 1130. The highest BCUT2D eigenvalue weighted by Gasteiger charge is 2.29. The van der Waals surface area contributed by atoms with Crippen molar-refractivity contribution in [3.63, 3.8) is 0 Å². The van der Waals surface area contributed by atoms with Crippen LogP contribution in [0.4, 0.5) is 0 Å². The first-order valence-electron chi connectivity index (χ1n) is 9.60. The summed E-state index contributed by atoms with van der Waals surface area (Å²) in [5.41, 5.74) is 2.90. The summed E-state index contributed by atoms with van der Waals surface area (Å²) >= 11 is 1.44. The van der Waals surface area contributed by atoms with E-state index in [1.165, 1.54) is 17.4 Å². The van der Waals surface area contributed by atoms with Crippen molar-refractivity contribution in [2.24, 2.45) is 5.92 Å². The average molecular weight is 410 g/mol. The van der Waals surface area contributed by atoms with Crippen LogP contribution in [0.3, 0.4) is 0 Å². The summed E-state index contributed by atoms with van der Waals surface area (Å²) in [7, 11) is 0. The van der Waals surface area contributed by atoms with E-state index < -0.39 is 5.97 Å². The second-order valence-corrected chi connectivity index (χ2v) is 8.34. The van der Waals surface area contributed by atoms with Crippen molar-refractivity contribution in [1.82, 2.24) is 9.55 Å². The van der Waals surface area contributed by atoms with E-state index in [4.69, 9.17) is 4.74 Å². The van der Waals surface area contributed by atoms with Gasteiger partial charge in [-0.1, -0.05) is 13.8 Å². The molecule has 1 aliphatic heterocycles. The number of carbonyl (C=O) groups is 1. The first kappa shape index (κ1) is 19.4. The molecular weight excluding hydrogens is 388 g/mol. The molecule has 0 saturated heterocycles. The van der Waals surface area contributed by atoms with Gasteiger partial charge >= 0.3 is 5.97 Å². The molecule has 1 atom stereocenters. The number of fused-ring (bicyclic) bond motifs is 3. The second kappa shape index (κ2) is 7.48. The monoisotopic (exact) mass is 410 g/mol. The van der Waals surface area contributed by atoms with Gasteiger partial charge in [-0.05, 0) is 37.0 Å². The predicted octanol–water partition coefficient (Wildman–Crippen LogP) is 4.27. The number of carbonyl (C=O) groups excluding carboxylic acids is 1. The van der Waals surface area contributed by atoms with E-state index in [1.54, 1.807) is 25.4 Å². The Kier molecular flexibility index (Phi) is 5.00. The van der Waals surface area contributed by atoms with Gasteiger partial charge in [0.2, 0.25) is 0 Å². The van der Waals surface area contributed by atoms with Gasteiger partial charge < -0.3 is 14.4 Å². The number of aromatic nitrogens is 2. The number of esters is 1. The first-order valence-corrected chi connectivity index (χ1v) is 10.5. The Balaban J connectivity index is 1.94.